The molecule has 0 saturated carbocycles. The minimum Gasteiger partial charge on any atom is -0.302 e. The standard InChI is InChI=1S/C5H10OS/c1-4(2)5(7)3-6/h3-5,7H,1-2H3/t5-/m1/s1. The van der Waals surface area contributed by atoms with Gasteiger partial charge in [0.2, 0.25) is 0 Å². The third kappa shape index (κ3) is 2.68. The largest absolute Gasteiger partial charge is 0.302 e. The maximum absolute atomic E-state index is 9.87. The molecule has 1 nitrogen and oxygen atoms in total. The SMILES string of the molecule is CC(C)[C@H](S)C=O. The quantitative estimate of drug-likeness (QED) is 0.425. The van der Waals surface area contributed by atoms with E-state index < -0.39 is 0 Å². The van der Waals surface area contributed by atoms with Crippen molar-refractivity contribution in [2.24, 2.45) is 5.92 Å². The van der Waals surface area contributed by atoms with Crippen LogP contribution in [0.5, 0.6) is 0 Å². The topological polar surface area (TPSA) is 17.1 Å². The minimum absolute atomic E-state index is 0.0833. The monoisotopic (exact) mass is 118 g/mol. The molecule has 0 heterocycles. The van der Waals surface area contributed by atoms with Gasteiger partial charge in [-0.3, -0.25) is 0 Å². The molecular weight excluding hydrogens is 108 g/mol. The minimum atomic E-state index is -0.0833. The van der Waals surface area contributed by atoms with Crippen LogP contribution in [0.3, 0.4) is 0 Å². The average molecular weight is 118 g/mol. The van der Waals surface area contributed by atoms with Gasteiger partial charge in [0, 0.05) is 0 Å². The maximum atomic E-state index is 9.87. The lowest BCUT2D eigenvalue weighted by Crippen LogP contribution is -2.07. The Bertz CT molecular complexity index is 61.1. The summed E-state index contributed by atoms with van der Waals surface area (Å²) >= 11 is 3.96. The maximum Gasteiger partial charge on any atom is 0.132 e. The summed E-state index contributed by atoms with van der Waals surface area (Å²) in [5, 5.41) is -0.0833. The molecule has 7 heavy (non-hydrogen) atoms. The van der Waals surface area contributed by atoms with Crippen molar-refractivity contribution in [3.63, 3.8) is 0 Å². The molecule has 0 aromatic heterocycles. The van der Waals surface area contributed by atoms with Gasteiger partial charge in [-0.25, -0.2) is 0 Å². The van der Waals surface area contributed by atoms with Crippen molar-refractivity contribution in [1.82, 2.24) is 0 Å². The van der Waals surface area contributed by atoms with E-state index in [1.807, 2.05) is 13.8 Å². The number of hydrogen-bond donors (Lipinski definition) is 1. The van der Waals surface area contributed by atoms with Crippen LogP contribution in [-0.2, 0) is 4.79 Å². The molecule has 1 atom stereocenters. The Labute approximate surface area is 49.5 Å². The lowest BCUT2D eigenvalue weighted by molar-refractivity contribution is -0.107. The van der Waals surface area contributed by atoms with E-state index in [-0.39, 0.29) is 5.25 Å². The number of rotatable bonds is 2. The second kappa shape index (κ2) is 3.08. The zero-order chi connectivity index (χ0) is 5.86. The Balaban J connectivity index is 3.33. The van der Waals surface area contributed by atoms with Crippen molar-refractivity contribution in [3.8, 4) is 0 Å². The first-order valence-electron chi connectivity index (χ1n) is 2.32. The zero-order valence-corrected chi connectivity index (χ0v) is 5.48. The fraction of sp³-hybridized carbons (Fsp3) is 0.800. The molecule has 0 saturated heterocycles. The average Bonchev–Trinajstić information content (AvgIpc) is 1.65. The van der Waals surface area contributed by atoms with E-state index in [1.54, 1.807) is 0 Å². The smallest absolute Gasteiger partial charge is 0.132 e. The first-order valence-corrected chi connectivity index (χ1v) is 2.83. The highest BCUT2D eigenvalue weighted by atomic mass is 32.1. The third-order valence-corrected chi connectivity index (χ3v) is 1.54. The molecule has 42 valence electrons. The number of hydrogen-bond acceptors (Lipinski definition) is 2. The first kappa shape index (κ1) is 7.02. The van der Waals surface area contributed by atoms with Crippen molar-refractivity contribution < 1.29 is 4.79 Å². The fourth-order valence-electron chi connectivity index (χ4n) is 0.157. The van der Waals surface area contributed by atoms with Crippen LogP contribution in [0.4, 0.5) is 0 Å². The van der Waals surface area contributed by atoms with Gasteiger partial charge >= 0.3 is 0 Å². The summed E-state index contributed by atoms with van der Waals surface area (Å²) in [6.45, 7) is 3.93. The van der Waals surface area contributed by atoms with Crippen LogP contribution >= 0.6 is 12.6 Å². The highest BCUT2D eigenvalue weighted by Crippen LogP contribution is 2.03. The van der Waals surface area contributed by atoms with Crippen LogP contribution in [0.25, 0.3) is 0 Å². The van der Waals surface area contributed by atoms with Crippen molar-refractivity contribution in [1.29, 1.82) is 0 Å². The Hall–Kier alpha value is 0.0200. The number of thiol groups is 1. The van der Waals surface area contributed by atoms with E-state index in [2.05, 4.69) is 12.6 Å². The fourth-order valence-corrected chi connectivity index (χ4v) is 0.157. The molecule has 0 N–H and O–H groups in total. The number of carbonyl (C=O) groups is 1. The van der Waals surface area contributed by atoms with Crippen molar-refractivity contribution in [3.05, 3.63) is 0 Å². The van der Waals surface area contributed by atoms with Crippen molar-refractivity contribution in [2.75, 3.05) is 0 Å². The second-order valence-corrected chi connectivity index (χ2v) is 2.47. The lowest BCUT2D eigenvalue weighted by Gasteiger charge is -2.03. The van der Waals surface area contributed by atoms with Crippen LogP contribution < -0.4 is 0 Å². The molecule has 0 aromatic rings. The molecule has 0 bridgehead atoms. The molecule has 0 rings (SSSR count). The molecule has 0 unspecified atom stereocenters. The normalized spacial score (nSPS) is 14.3. The van der Waals surface area contributed by atoms with E-state index in [4.69, 9.17) is 0 Å². The van der Waals surface area contributed by atoms with E-state index >= 15 is 0 Å². The Kier molecular flexibility index (Phi) is 3.09. The second-order valence-electron chi connectivity index (χ2n) is 1.87. The molecule has 0 fully saturated rings. The summed E-state index contributed by atoms with van der Waals surface area (Å²) in [6.07, 6.45) is 0.855. The summed E-state index contributed by atoms with van der Waals surface area (Å²) < 4.78 is 0. The van der Waals surface area contributed by atoms with Gasteiger partial charge in [0.25, 0.3) is 0 Å². The van der Waals surface area contributed by atoms with Crippen molar-refractivity contribution >= 4 is 18.9 Å². The predicted octanol–water partition coefficient (Wildman–Crippen LogP) is 1.14. The molecule has 2 heteroatoms. The summed E-state index contributed by atoms with van der Waals surface area (Å²) in [7, 11) is 0. The van der Waals surface area contributed by atoms with Gasteiger partial charge in [-0.05, 0) is 5.92 Å². The predicted molar refractivity (Wildman–Crippen MR) is 33.7 cm³/mol. The summed E-state index contributed by atoms with van der Waals surface area (Å²) in [4.78, 5) is 9.87. The number of aldehydes is 1. The van der Waals surface area contributed by atoms with E-state index in [0.717, 1.165) is 6.29 Å². The summed E-state index contributed by atoms with van der Waals surface area (Å²) in [5.74, 6) is 0.362. The van der Waals surface area contributed by atoms with Gasteiger partial charge in [-0.15, -0.1) is 0 Å². The molecule has 0 amide bonds. The first-order chi connectivity index (χ1) is 3.18. The van der Waals surface area contributed by atoms with Crippen LogP contribution in [-0.4, -0.2) is 11.5 Å². The van der Waals surface area contributed by atoms with E-state index in [1.165, 1.54) is 0 Å². The van der Waals surface area contributed by atoms with E-state index in [9.17, 15) is 4.79 Å². The van der Waals surface area contributed by atoms with Gasteiger partial charge in [0.05, 0.1) is 5.25 Å². The highest BCUT2D eigenvalue weighted by Gasteiger charge is 2.03. The van der Waals surface area contributed by atoms with Gasteiger partial charge in [-0.1, -0.05) is 13.8 Å². The molecule has 0 aliphatic carbocycles. The van der Waals surface area contributed by atoms with Gasteiger partial charge in [0.1, 0.15) is 6.29 Å². The van der Waals surface area contributed by atoms with Crippen molar-refractivity contribution in [2.45, 2.75) is 19.1 Å². The van der Waals surface area contributed by atoms with Gasteiger partial charge in [0.15, 0.2) is 0 Å². The Morgan fingerprint density at radius 1 is 1.57 bits per heavy atom. The third-order valence-electron chi connectivity index (χ3n) is 0.822. The lowest BCUT2D eigenvalue weighted by atomic mass is 10.1. The Morgan fingerprint density at radius 2 is 2.00 bits per heavy atom. The molecule has 0 spiro atoms. The molecule has 0 aliphatic rings. The van der Waals surface area contributed by atoms with Crippen LogP contribution in [0.1, 0.15) is 13.8 Å². The summed E-state index contributed by atoms with van der Waals surface area (Å²) in [6, 6.07) is 0. The molecule has 0 radical (unpaired) electrons. The van der Waals surface area contributed by atoms with Crippen LogP contribution in [0.2, 0.25) is 0 Å². The van der Waals surface area contributed by atoms with Gasteiger partial charge < -0.3 is 4.79 Å². The molecule has 0 aliphatic heterocycles. The molecular formula is C5H10OS. The Morgan fingerprint density at radius 3 is 2.00 bits per heavy atom. The van der Waals surface area contributed by atoms with E-state index in [0.29, 0.717) is 5.92 Å². The molecule has 0 aromatic carbocycles. The summed E-state index contributed by atoms with van der Waals surface area (Å²) in [5.41, 5.74) is 0. The highest BCUT2D eigenvalue weighted by molar-refractivity contribution is 7.81. The zero-order valence-electron chi connectivity index (χ0n) is 4.59. The van der Waals surface area contributed by atoms with Gasteiger partial charge in [-0.2, -0.15) is 12.6 Å². The van der Waals surface area contributed by atoms with Crippen LogP contribution in [0.15, 0.2) is 0 Å². The van der Waals surface area contributed by atoms with Crippen LogP contribution in [0, 0.1) is 5.92 Å². The number of carbonyl (C=O) groups excluding carboxylic acids is 1.